The average molecular weight is 317 g/mol. The summed E-state index contributed by atoms with van der Waals surface area (Å²) in [6.07, 6.45) is 4.43. The summed E-state index contributed by atoms with van der Waals surface area (Å²) >= 11 is 0. The van der Waals surface area contributed by atoms with Gasteiger partial charge in [0, 0.05) is 26.2 Å². The van der Waals surface area contributed by atoms with Crippen LogP contribution in [0.5, 0.6) is 0 Å². The second-order valence-electron chi connectivity index (χ2n) is 6.02. The van der Waals surface area contributed by atoms with Crippen LogP contribution in [-0.2, 0) is 4.74 Å². The van der Waals surface area contributed by atoms with E-state index >= 15 is 0 Å². The molecule has 1 aromatic rings. The first-order valence-corrected chi connectivity index (χ1v) is 8.39. The maximum absolute atomic E-state index is 12.6. The molecule has 0 unspecified atom stereocenters. The van der Waals surface area contributed by atoms with Crippen LogP contribution in [0.1, 0.15) is 46.7 Å². The molecule has 0 radical (unpaired) electrons. The van der Waals surface area contributed by atoms with Crippen molar-refractivity contribution in [2.24, 2.45) is 0 Å². The van der Waals surface area contributed by atoms with Crippen LogP contribution in [0.25, 0.3) is 0 Å². The van der Waals surface area contributed by atoms with Gasteiger partial charge in [0.15, 0.2) is 0 Å². The first-order chi connectivity index (χ1) is 11.3. The van der Waals surface area contributed by atoms with E-state index in [-0.39, 0.29) is 11.8 Å². The zero-order valence-corrected chi connectivity index (χ0v) is 13.4. The van der Waals surface area contributed by atoms with Crippen molar-refractivity contribution in [2.75, 3.05) is 39.4 Å². The molecule has 0 N–H and O–H groups in total. The van der Waals surface area contributed by atoms with Crippen molar-refractivity contribution < 1.29 is 14.3 Å². The summed E-state index contributed by atoms with van der Waals surface area (Å²) in [5.74, 6) is -0.192. The van der Waals surface area contributed by atoms with E-state index in [1.54, 1.807) is 23.1 Å². The molecule has 3 heterocycles. The largest absolute Gasteiger partial charge is 0.378 e. The smallest absolute Gasteiger partial charge is 0.272 e. The number of rotatable bonds is 2. The predicted octanol–water partition coefficient (Wildman–Crippen LogP) is 1.57. The van der Waals surface area contributed by atoms with Crippen LogP contribution in [0.15, 0.2) is 18.2 Å². The number of aromatic nitrogens is 1. The molecule has 3 rings (SSSR count). The van der Waals surface area contributed by atoms with Gasteiger partial charge in [0.25, 0.3) is 11.8 Å². The molecular formula is C17H23N3O3. The number of morpholine rings is 1. The number of likely N-dealkylation sites (tertiary alicyclic amines) is 1. The van der Waals surface area contributed by atoms with E-state index in [9.17, 15) is 9.59 Å². The number of hydrogen-bond donors (Lipinski definition) is 0. The van der Waals surface area contributed by atoms with Crippen LogP contribution < -0.4 is 0 Å². The van der Waals surface area contributed by atoms with Crippen LogP contribution >= 0.6 is 0 Å². The lowest BCUT2D eigenvalue weighted by atomic mass is 10.2. The summed E-state index contributed by atoms with van der Waals surface area (Å²) in [5.41, 5.74) is 0.707. The molecule has 0 aliphatic carbocycles. The second kappa shape index (κ2) is 7.55. The molecule has 0 saturated carbocycles. The maximum atomic E-state index is 12.6. The predicted molar refractivity (Wildman–Crippen MR) is 85.3 cm³/mol. The number of amides is 2. The van der Waals surface area contributed by atoms with Gasteiger partial charge in [-0.3, -0.25) is 9.59 Å². The Balaban J connectivity index is 1.73. The Labute approximate surface area is 136 Å². The summed E-state index contributed by atoms with van der Waals surface area (Å²) in [5, 5.41) is 0. The fraction of sp³-hybridized carbons (Fsp3) is 0.588. The highest BCUT2D eigenvalue weighted by atomic mass is 16.5. The summed E-state index contributed by atoms with van der Waals surface area (Å²) in [6, 6.07) is 5.12. The molecule has 0 atom stereocenters. The Hall–Kier alpha value is -1.95. The van der Waals surface area contributed by atoms with Gasteiger partial charge >= 0.3 is 0 Å². The first-order valence-electron chi connectivity index (χ1n) is 8.39. The lowest BCUT2D eigenvalue weighted by Crippen LogP contribution is -2.41. The van der Waals surface area contributed by atoms with Crippen LogP contribution in [-0.4, -0.2) is 66.0 Å². The van der Waals surface area contributed by atoms with E-state index < -0.39 is 0 Å². The Morgan fingerprint density at radius 1 is 0.826 bits per heavy atom. The number of nitrogens with zero attached hydrogens (tertiary/aromatic N) is 3. The highest BCUT2D eigenvalue weighted by Gasteiger charge is 2.22. The van der Waals surface area contributed by atoms with E-state index in [4.69, 9.17) is 4.74 Å². The molecule has 2 saturated heterocycles. The zero-order valence-electron chi connectivity index (χ0n) is 13.4. The van der Waals surface area contributed by atoms with Gasteiger partial charge in [-0.1, -0.05) is 18.9 Å². The molecule has 2 aliphatic rings. The molecule has 2 amide bonds. The topological polar surface area (TPSA) is 62.7 Å². The van der Waals surface area contributed by atoms with Gasteiger partial charge in [0.1, 0.15) is 11.4 Å². The zero-order chi connectivity index (χ0) is 16.1. The molecular weight excluding hydrogens is 294 g/mol. The maximum Gasteiger partial charge on any atom is 0.272 e. The number of pyridine rings is 1. The fourth-order valence-corrected chi connectivity index (χ4v) is 3.04. The van der Waals surface area contributed by atoms with Crippen molar-refractivity contribution in [3.63, 3.8) is 0 Å². The lowest BCUT2D eigenvalue weighted by Gasteiger charge is -2.26. The molecule has 0 bridgehead atoms. The third kappa shape index (κ3) is 3.88. The molecule has 2 aliphatic heterocycles. The first kappa shape index (κ1) is 15.9. The highest BCUT2D eigenvalue weighted by Crippen LogP contribution is 2.13. The van der Waals surface area contributed by atoms with Crippen molar-refractivity contribution in [1.29, 1.82) is 0 Å². The summed E-state index contributed by atoms with van der Waals surface area (Å²) in [6.45, 7) is 3.82. The summed E-state index contributed by atoms with van der Waals surface area (Å²) < 4.78 is 5.26. The van der Waals surface area contributed by atoms with Crippen molar-refractivity contribution in [1.82, 2.24) is 14.8 Å². The number of carbonyl (C=O) groups is 2. The van der Waals surface area contributed by atoms with Gasteiger partial charge in [0.2, 0.25) is 0 Å². The molecule has 124 valence electrons. The number of carbonyl (C=O) groups excluding carboxylic acids is 2. The van der Waals surface area contributed by atoms with E-state index in [0.29, 0.717) is 37.7 Å². The highest BCUT2D eigenvalue weighted by molar-refractivity contribution is 5.96. The minimum Gasteiger partial charge on any atom is -0.378 e. The SMILES string of the molecule is O=C(c1cccc(C(=O)N2CCOCC2)n1)N1CCCCCC1. The standard InChI is InChI=1S/C17H23N3O3/c21-16(19-8-3-1-2-4-9-19)14-6-5-7-15(18-14)17(22)20-10-12-23-13-11-20/h5-7H,1-4,8-13H2. The van der Waals surface area contributed by atoms with Crippen LogP contribution in [0.4, 0.5) is 0 Å². The van der Waals surface area contributed by atoms with Gasteiger partial charge in [-0.05, 0) is 25.0 Å². The number of hydrogen-bond acceptors (Lipinski definition) is 4. The van der Waals surface area contributed by atoms with Crippen LogP contribution in [0.2, 0.25) is 0 Å². The van der Waals surface area contributed by atoms with Crippen molar-refractivity contribution in [2.45, 2.75) is 25.7 Å². The van der Waals surface area contributed by atoms with Crippen molar-refractivity contribution in [3.05, 3.63) is 29.6 Å². The summed E-state index contributed by atoms with van der Waals surface area (Å²) in [7, 11) is 0. The Kier molecular flexibility index (Phi) is 5.23. The van der Waals surface area contributed by atoms with E-state index in [2.05, 4.69) is 4.98 Å². The third-order valence-electron chi connectivity index (χ3n) is 4.38. The quantitative estimate of drug-likeness (QED) is 0.830. The van der Waals surface area contributed by atoms with Gasteiger partial charge in [-0.2, -0.15) is 0 Å². The van der Waals surface area contributed by atoms with Crippen molar-refractivity contribution in [3.8, 4) is 0 Å². The molecule has 0 aromatic carbocycles. The van der Waals surface area contributed by atoms with Gasteiger partial charge in [-0.25, -0.2) is 4.98 Å². The van der Waals surface area contributed by atoms with Crippen LogP contribution in [0.3, 0.4) is 0 Å². The molecule has 0 spiro atoms. The molecule has 2 fully saturated rings. The Bertz CT molecular complexity index is 562. The molecule has 23 heavy (non-hydrogen) atoms. The number of ether oxygens (including phenoxy) is 1. The molecule has 6 heteroatoms. The Morgan fingerprint density at radius 2 is 1.35 bits per heavy atom. The van der Waals surface area contributed by atoms with Crippen molar-refractivity contribution >= 4 is 11.8 Å². The summed E-state index contributed by atoms with van der Waals surface area (Å²) in [4.78, 5) is 33.0. The normalized spacial score (nSPS) is 19.3. The van der Waals surface area contributed by atoms with Crippen LogP contribution in [0, 0.1) is 0 Å². The van der Waals surface area contributed by atoms with Gasteiger partial charge < -0.3 is 14.5 Å². The van der Waals surface area contributed by atoms with Gasteiger partial charge in [0.05, 0.1) is 13.2 Å². The minimum atomic E-state index is -0.126. The molecule has 1 aromatic heterocycles. The third-order valence-corrected chi connectivity index (χ3v) is 4.38. The second-order valence-corrected chi connectivity index (χ2v) is 6.02. The lowest BCUT2D eigenvalue weighted by molar-refractivity contribution is 0.0299. The fourth-order valence-electron chi connectivity index (χ4n) is 3.04. The Morgan fingerprint density at radius 3 is 1.91 bits per heavy atom. The average Bonchev–Trinajstić information content (AvgIpc) is 2.91. The monoisotopic (exact) mass is 317 g/mol. The van der Waals surface area contributed by atoms with Gasteiger partial charge in [-0.15, -0.1) is 0 Å². The minimum absolute atomic E-state index is 0.0662. The van der Waals surface area contributed by atoms with E-state index in [0.717, 1.165) is 25.9 Å². The van der Waals surface area contributed by atoms with E-state index in [1.165, 1.54) is 12.8 Å². The molecule has 6 nitrogen and oxygen atoms in total. The van der Waals surface area contributed by atoms with E-state index in [1.807, 2.05) is 4.90 Å².